The third-order valence-electron chi connectivity index (χ3n) is 5.88. The Labute approximate surface area is 198 Å². The number of rotatable bonds is 9. The number of carbonyl (C=O) groups is 1. The Bertz CT molecular complexity index is 1220. The van der Waals surface area contributed by atoms with Crippen molar-refractivity contribution in [3.63, 3.8) is 0 Å². The molecule has 1 saturated heterocycles. The van der Waals surface area contributed by atoms with Gasteiger partial charge in [0, 0.05) is 39.8 Å². The van der Waals surface area contributed by atoms with Crippen LogP contribution in [-0.4, -0.2) is 72.9 Å². The van der Waals surface area contributed by atoms with E-state index in [-0.39, 0.29) is 55.9 Å². The number of benzene rings is 1. The van der Waals surface area contributed by atoms with Gasteiger partial charge in [-0.3, -0.25) is 19.1 Å². The first-order chi connectivity index (χ1) is 16.1. The lowest BCUT2D eigenvalue weighted by molar-refractivity contribution is -0.130. The zero-order chi connectivity index (χ0) is 24.9. The number of likely N-dealkylation sites (N-methyl/N-ethyl adjacent to an activating group) is 1. The first-order valence-electron chi connectivity index (χ1n) is 11.3. The third kappa shape index (κ3) is 5.86. The Kier molecular flexibility index (Phi) is 8.15. The summed E-state index contributed by atoms with van der Waals surface area (Å²) in [5.41, 5.74) is 5.66. The molecule has 1 aliphatic heterocycles. The second kappa shape index (κ2) is 10.9. The highest BCUT2D eigenvalue weighted by Gasteiger charge is 2.29. The summed E-state index contributed by atoms with van der Waals surface area (Å²) in [6, 6.07) is 8.97. The summed E-state index contributed by atoms with van der Waals surface area (Å²) in [4.78, 5) is 42.7. The Morgan fingerprint density at radius 2 is 1.76 bits per heavy atom. The molecule has 186 valence electrons. The third-order valence-corrected chi connectivity index (χ3v) is 7.73. The molecular weight excluding hydrogens is 460 g/mol. The van der Waals surface area contributed by atoms with Gasteiger partial charge in [0.1, 0.15) is 11.5 Å². The second-order valence-electron chi connectivity index (χ2n) is 8.38. The van der Waals surface area contributed by atoms with E-state index in [0.717, 1.165) is 12.8 Å². The number of sulfonamides is 1. The molecule has 0 atom stereocenters. The number of nitrogens with two attached hydrogens (primary N) is 1. The van der Waals surface area contributed by atoms with E-state index in [1.807, 2.05) is 13.0 Å². The molecule has 2 aromatic rings. The molecule has 0 unspecified atom stereocenters. The van der Waals surface area contributed by atoms with Crippen molar-refractivity contribution in [2.45, 2.75) is 32.1 Å². The molecule has 1 amide bonds. The Morgan fingerprint density at radius 3 is 2.38 bits per heavy atom. The van der Waals surface area contributed by atoms with Crippen LogP contribution in [-0.2, 0) is 27.1 Å². The lowest BCUT2D eigenvalue weighted by atomic mass is 10.2. The predicted molar refractivity (Wildman–Crippen MR) is 131 cm³/mol. The number of aromatic nitrogens is 2. The van der Waals surface area contributed by atoms with E-state index in [0.29, 0.717) is 12.1 Å². The van der Waals surface area contributed by atoms with Crippen LogP contribution < -0.4 is 21.9 Å². The molecule has 2 heterocycles. The summed E-state index contributed by atoms with van der Waals surface area (Å²) in [5, 5.41) is 0. The molecule has 0 bridgehead atoms. The molecule has 34 heavy (non-hydrogen) atoms. The fourth-order valence-electron chi connectivity index (χ4n) is 3.96. The van der Waals surface area contributed by atoms with Crippen LogP contribution in [0.3, 0.4) is 0 Å². The maximum Gasteiger partial charge on any atom is 0.330 e. The molecular formula is C22H32N6O5S. The normalized spacial score (nSPS) is 14.8. The molecule has 12 heteroatoms. The van der Waals surface area contributed by atoms with Crippen LogP contribution in [0.4, 0.5) is 11.5 Å². The van der Waals surface area contributed by atoms with Gasteiger partial charge in [-0.2, -0.15) is 4.31 Å². The number of anilines is 2. The summed E-state index contributed by atoms with van der Waals surface area (Å²) in [6.45, 7) is 3.13. The number of carbonyl (C=O) groups excluding carboxylic acids is 1. The van der Waals surface area contributed by atoms with Gasteiger partial charge in [-0.1, -0.05) is 43.7 Å². The Balaban J connectivity index is 1.63. The SMILES string of the molecule is CCCCn1c(N)c(N(C)CC(=O)N2CCN(S(=O)(=O)Cc3ccccc3)CC2)c(=O)[nH]c1=O. The van der Waals surface area contributed by atoms with Crippen LogP contribution in [0.2, 0.25) is 0 Å². The number of nitrogen functional groups attached to an aromatic ring is 1. The first kappa shape index (κ1) is 25.5. The van der Waals surface area contributed by atoms with Crippen LogP contribution in [0, 0.1) is 0 Å². The monoisotopic (exact) mass is 492 g/mol. The highest BCUT2D eigenvalue weighted by atomic mass is 32.2. The van der Waals surface area contributed by atoms with Gasteiger partial charge in [0.2, 0.25) is 15.9 Å². The number of unbranched alkanes of at least 4 members (excludes halogenated alkanes) is 1. The van der Waals surface area contributed by atoms with E-state index in [2.05, 4.69) is 4.98 Å². The summed E-state index contributed by atoms with van der Waals surface area (Å²) in [5.74, 6) is -0.317. The van der Waals surface area contributed by atoms with Crippen molar-refractivity contribution >= 4 is 27.4 Å². The van der Waals surface area contributed by atoms with Gasteiger partial charge >= 0.3 is 5.69 Å². The maximum atomic E-state index is 12.9. The Hall–Kier alpha value is -3.12. The van der Waals surface area contributed by atoms with E-state index >= 15 is 0 Å². The van der Waals surface area contributed by atoms with Crippen molar-refractivity contribution in [3.05, 3.63) is 56.7 Å². The number of aromatic amines is 1. The fraction of sp³-hybridized carbons (Fsp3) is 0.500. The quantitative estimate of drug-likeness (QED) is 0.503. The van der Waals surface area contributed by atoms with Gasteiger partial charge in [0.15, 0.2) is 0 Å². The van der Waals surface area contributed by atoms with E-state index < -0.39 is 21.3 Å². The lowest BCUT2D eigenvalue weighted by Crippen LogP contribution is -2.52. The van der Waals surface area contributed by atoms with Crippen LogP contribution in [0.5, 0.6) is 0 Å². The average molecular weight is 493 g/mol. The molecule has 1 aromatic heterocycles. The summed E-state index contributed by atoms with van der Waals surface area (Å²) in [6.07, 6.45) is 1.57. The van der Waals surface area contributed by atoms with Crippen LogP contribution >= 0.6 is 0 Å². The highest BCUT2D eigenvalue weighted by molar-refractivity contribution is 7.88. The highest BCUT2D eigenvalue weighted by Crippen LogP contribution is 2.17. The average Bonchev–Trinajstić information content (AvgIpc) is 2.79. The van der Waals surface area contributed by atoms with E-state index in [4.69, 9.17) is 5.73 Å². The maximum absolute atomic E-state index is 12.9. The molecule has 1 aromatic carbocycles. The standard InChI is InChI=1S/C22H32N6O5S/c1-3-4-10-28-20(23)19(21(30)24-22(28)31)25(2)15-18(29)26-11-13-27(14-12-26)34(32,33)16-17-8-6-5-7-9-17/h5-9H,3-4,10-16,23H2,1-2H3,(H,24,30,31). The topological polar surface area (TPSA) is 142 Å². The largest absolute Gasteiger partial charge is 0.383 e. The minimum absolute atomic E-state index is 0.0225. The molecule has 11 nitrogen and oxygen atoms in total. The summed E-state index contributed by atoms with van der Waals surface area (Å²) >= 11 is 0. The van der Waals surface area contributed by atoms with Gasteiger partial charge in [0.25, 0.3) is 5.56 Å². The van der Waals surface area contributed by atoms with Crippen LogP contribution in [0.1, 0.15) is 25.3 Å². The number of nitrogens with zero attached hydrogens (tertiary/aromatic N) is 4. The van der Waals surface area contributed by atoms with Crippen LogP contribution in [0.15, 0.2) is 39.9 Å². The number of hydrogen-bond acceptors (Lipinski definition) is 7. The summed E-state index contributed by atoms with van der Waals surface area (Å²) < 4.78 is 28.2. The molecule has 0 spiro atoms. The smallest absolute Gasteiger partial charge is 0.330 e. The number of nitrogens with one attached hydrogen (secondary N) is 1. The number of hydrogen-bond donors (Lipinski definition) is 2. The molecule has 1 fully saturated rings. The molecule has 0 saturated carbocycles. The molecule has 0 radical (unpaired) electrons. The lowest BCUT2D eigenvalue weighted by Gasteiger charge is -2.35. The van der Waals surface area contributed by atoms with Crippen molar-refractivity contribution < 1.29 is 13.2 Å². The van der Waals surface area contributed by atoms with E-state index in [1.54, 1.807) is 36.2 Å². The minimum atomic E-state index is -3.49. The van der Waals surface area contributed by atoms with Gasteiger partial charge in [0.05, 0.1) is 12.3 Å². The Morgan fingerprint density at radius 1 is 1.12 bits per heavy atom. The van der Waals surface area contributed by atoms with Crippen molar-refractivity contribution in [1.29, 1.82) is 0 Å². The minimum Gasteiger partial charge on any atom is -0.383 e. The van der Waals surface area contributed by atoms with Gasteiger partial charge in [-0.05, 0) is 12.0 Å². The van der Waals surface area contributed by atoms with Crippen molar-refractivity contribution in [2.24, 2.45) is 0 Å². The van der Waals surface area contributed by atoms with Crippen molar-refractivity contribution in [2.75, 3.05) is 50.4 Å². The first-order valence-corrected chi connectivity index (χ1v) is 12.9. The fourth-order valence-corrected chi connectivity index (χ4v) is 5.47. The number of piperazine rings is 1. The number of H-pyrrole nitrogens is 1. The molecule has 3 rings (SSSR count). The molecule has 3 N–H and O–H groups in total. The van der Waals surface area contributed by atoms with E-state index in [9.17, 15) is 22.8 Å². The summed E-state index contributed by atoms with van der Waals surface area (Å²) in [7, 11) is -1.93. The zero-order valence-corrected chi connectivity index (χ0v) is 20.4. The number of amides is 1. The molecule has 1 aliphatic rings. The predicted octanol–water partition coefficient (Wildman–Crippen LogP) is 0.0293. The van der Waals surface area contributed by atoms with Gasteiger partial charge in [-0.25, -0.2) is 13.2 Å². The van der Waals surface area contributed by atoms with Crippen molar-refractivity contribution in [3.8, 4) is 0 Å². The van der Waals surface area contributed by atoms with E-state index in [1.165, 1.54) is 13.8 Å². The molecule has 0 aliphatic carbocycles. The van der Waals surface area contributed by atoms with Crippen molar-refractivity contribution in [1.82, 2.24) is 18.8 Å². The van der Waals surface area contributed by atoms with Gasteiger partial charge in [-0.15, -0.1) is 0 Å². The van der Waals surface area contributed by atoms with Crippen LogP contribution in [0.25, 0.3) is 0 Å². The zero-order valence-electron chi connectivity index (χ0n) is 19.6. The van der Waals surface area contributed by atoms with Gasteiger partial charge < -0.3 is 15.5 Å². The second-order valence-corrected chi connectivity index (χ2v) is 10.3.